The molecule has 0 aliphatic carbocycles. The van der Waals surface area contributed by atoms with E-state index in [1.165, 1.54) is 11.1 Å². The Bertz CT molecular complexity index is 893. The summed E-state index contributed by atoms with van der Waals surface area (Å²) in [4.78, 5) is 12.6. The highest BCUT2D eigenvalue weighted by atomic mass is 16.5. The number of ether oxygens (including phenoxy) is 1. The molecule has 0 fully saturated rings. The van der Waals surface area contributed by atoms with E-state index in [9.17, 15) is 4.79 Å². The van der Waals surface area contributed by atoms with E-state index in [4.69, 9.17) is 4.74 Å². The Morgan fingerprint density at radius 1 is 1.04 bits per heavy atom. The first-order chi connectivity index (χ1) is 11.8. The van der Waals surface area contributed by atoms with Crippen LogP contribution in [0.25, 0.3) is 22.4 Å². The standard InChI is InChI=1S/C21H19NO2/c1-2-24-21(23)20-18(15-8-4-3-5-9-15)14-19-17-11-7-6-10-16(17)12-13-22(19)20/h3-11,14H,2,12-13H2,1H3. The number of aromatic nitrogens is 1. The lowest BCUT2D eigenvalue weighted by Gasteiger charge is -2.20. The Morgan fingerprint density at radius 3 is 2.58 bits per heavy atom. The molecule has 0 bridgehead atoms. The van der Waals surface area contributed by atoms with Crippen LogP contribution in [0, 0.1) is 0 Å². The van der Waals surface area contributed by atoms with Gasteiger partial charge in [-0.05, 0) is 30.5 Å². The number of carbonyl (C=O) groups excluding carboxylic acids is 1. The predicted molar refractivity (Wildman–Crippen MR) is 95.0 cm³/mol. The minimum atomic E-state index is -0.248. The van der Waals surface area contributed by atoms with Crippen molar-refractivity contribution >= 4 is 5.97 Å². The number of fused-ring (bicyclic) bond motifs is 3. The molecule has 0 unspecified atom stereocenters. The summed E-state index contributed by atoms with van der Waals surface area (Å²) < 4.78 is 7.46. The first-order valence-electron chi connectivity index (χ1n) is 8.34. The van der Waals surface area contributed by atoms with Gasteiger partial charge in [-0.15, -0.1) is 0 Å². The molecule has 3 nitrogen and oxygen atoms in total. The predicted octanol–water partition coefficient (Wildman–Crippen LogP) is 4.55. The molecule has 1 aliphatic heterocycles. The van der Waals surface area contributed by atoms with Gasteiger partial charge in [-0.3, -0.25) is 0 Å². The number of benzene rings is 2. The molecule has 120 valence electrons. The molecule has 0 amide bonds. The van der Waals surface area contributed by atoms with Crippen molar-refractivity contribution in [1.29, 1.82) is 0 Å². The normalized spacial score (nSPS) is 12.4. The van der Waals surface area contributed by atoms with Crippen LogP contribution in [0.5, 0.6) is 0 Å². The quantitative estimate of drug-likeness (QED) is 0.663. The topological polar surface area (TPSA) is 31.2 Å². The highest BCUT2D eigenvalue weighted by Gasteiger charge is 2.27. The van der Waals surface area contributed by atoms with Crippen molar-refractivity contribution in [3.05, 3.63) is 71.9 Å². The number of hydrogen-bond acceptors (Lipinski definition) is 2. The number of nitrogens with zero attached hydrogens (tertiary/aromatic N) is 1. The molecule has 0 radical (unpaired) electrons. The third-order valence-corrected chi connectivity index (χ3v) is 4.55. The zero-order chi connectivity index (χ0) is 16.5. The Morgan fingerprint density at radius 2 is 1.79 bits per heavy atom. The molecule has 2 heterocycles. The molecule has 0 saturated carbocycles. The van der Waals surface area contributed by atoms with E-state index in [2.05, 4.69) is 28.8 Å². The zero-order valence-electron chi connectivity index (χ0n) is 13.7. The fourth-order valence-corrected chi connectivity index (χ4v) is 3.48. The maximum Gasteiger partial charge on any atom is 0.355 e. The molecular formula is C21H19NO2. The fourth-order valence-electron chi connectivity index (χ4n) is 3.48. The lowest BCUT2D eigenvalue weighted by molar-refractivity contribution is 0.0515. The van der Waals surface area contributed by atoms with Crippen molar-refractivity contribution in [1.82, 2.24) is 4.57 Å². The van der Waals surface area contributed by atoms with E-state index in [0.717, 1.165) is 29.8 Å². The summed E-state index contributed by atoms with van der Waals surface area (Å²) in [6.07, 6.45) is 0.929. The Balaban J connectivity index is 1.95. The Kier molecular flexibility index (Phi) is 3.69. The molecule has 1 aliphatic rings. The first-order valence-corrected chi connectivity index (χ1v) is 8.34. The molecule has 0 saturated heterocycles. The summed E-state index contributed by atoms with van der Waals surface area (Å²) in [5.41, 5.74) is 6.28. The summed E-state index contributed by atoms with van der Waals surface area (Å²) in [7, 11) is 0. The van der Waals surface area contributed by atoms with Crippen molar-refractivity contribution in [2.45, 2.75) is 19.9 Å². The van der Waals surface area contributed by atoms with E-state index < -0.39 is 0 Å². The Hall–Kier alpha value is -2.81. The molecule has 0 N–H and O–H groups in total. The van der Waals surface area contributed by atoms with Gasteiger partial charge in [-0.2, -0.15) is 0 Å². The molecule has 0 spiro atoms. The van der Waals surface area contributed by atoms with Gasteiger partial charge in [-0.25, -0.2) is 4.79 Å². The van der Waals surface area contributed by atoms with Crippen molar-refractivity contribution in [2.75, 3.05) is 6.61 Å². The lowest BCUT2D eigenvalue weighted by atomic mass is 9.98. The molecule has 4 rings (SSSR count). The van der Waals surface area contributed by atoms with Gasteiger partial charge in [0.2, 0.25) is 0 Å². The van der Waals surface area contributed by atoms with E-state index in [-0.39, 0.29) is 5.97 Å². The smallest absolute Gasteiger partial charge is 0.355 e. The number of rotatable bonds is 3. The average Bonchev–Trinajstić information content (AvgIpc) is 3.03. The van der Waals surface area contributed by atoms with Crippen LogP contribution in [0.1, 0.15) is 23.0 Å². The number of aryl methyl sites for hydroxylation is 1. The van der Waals surface area contributed by atoms with E-state index in [0.29, 0.717) is 12.3 Å². The van der Waals surface area contributed by atoms with Crippen molar-refractivity contribution < 1.29 is 9.53 Å². The van der Waals surface area contributed by atoms with Crippen LogP contribution >= 0.6 is 0 Å². The van der Waals surface area contributed by atoms with Gasteiger partial charge >= 0.3 is 5.97 Å². The molecular weight excluding hydrogens is 298 g/mol. The van der Waals surface area contributed by atoms with Crippen LogP contribution in [0.15, 0.2) is 60.7 Å². The van der Waals surface area contributed by atoms with Crippen LogP contribution in [-0.4, -0.2) is 17.1 Å². The van der Waals surface area contributed by atoms with Gasteiger partial charge in [0.25, 0.3) is 0 Å². The van der Waals surface area contributed by atoms with Crippen LogP contribution < -0.4 is 0 Å². The maximum absolute atomic E-state index is 12.6. The maximum atomic E-state index is 12.6. The summed E-state index contributed by atoms with van der Waals surface area (Å²) in [5.74, 6) is -0.248. The van der Waals surface area contributed by atoms with E-state index in [1.54, 1.807) is 0 Å². The van der Waals surface area contributed by atoms with Crippen molar-refractivity contribution in [2.24, 2.45) is 0 Å². The van der Waals surface area contributed by atoms with Gasteiger partial charge in [0, 0.05) is 23.4 Å². The van der Waals surface area contributed by atoms with Crippen LogP contribution in [0.2, 0.25) is 0 Å². The fraction of sp³-hybridized carbons (Fsp3) is 0.190. The summed E-state index contributed by atoms with van der Waals surface area (Å²) in [6, 6.07) is 20.6. The minimum absolute atomic E-state index is 0.248. The van der Waals surface area contributed by atoms with Crippen molar-refractivity contribution in [3.63, 3.8) is 0 Å². The van der Waals surface area contributed by atoms with Gasteiger partial charge < -0.3 is 9.30 Å². The second-order valence-electron chi connectivity index (χ2n) is 5.94. The molecule has 3 aromatic rings. The second kappa shape index (κ2) is 6.00. The highest BCUT2D eigenvalue weighted by molar-refractivity contribution is 5.98. The van der Waals surface area contributed by atoms with Crippen LogP contribution in [0.3, 0.4) is 0 Å². The summed E-state index contributed by atoms with van der Waals surface area (Å²) in [5, 5.41) is 0. The summed E-state index contributed by atoms with van der Waals surface area (Å²) in [6.45, 7) is 3.02. The van der Waals surface area contributed by atoms with Crippen LogP contribution in [-0.2, 0) is 17.7 Å². The average molecular weight is 317 g/mol. The van der Waals surface area contributed by atoms with Gasteiger partial charge in [0.15, 0.2) is 0 Å². The molecule has 2 aromatic carbocycles. The highest BCUT2D eigenvalue weighted by Crippen LogP contribution is 2.37. The Labute approximate surface area is 141 Å². The van der Waals surface area contributed by atoms with Gasteiger partial charge in [-0.1, -0.05) is 54.6 Å². The van der Waals surface area contributed by atoms with E-state index >= 15 is 0 Å². The third kappa shape index (κ3) is 2.33. The molecule has 0 atom stereocenters. The monoisotopic (exact) mass is 317 g/mol. The van der Waals surface area contributed by atoms with Gasteiger partial charge in [0.05, 0.1) is 6.61 Å². The first kappa shape index (κ1) is 14.8. The van der Waals surface area contributed by atoms with Gasteiger partial charge in [0.1, 0.15) is 5.69 Å². The molecule has 1 aromatic heterocycles. The largest absolute Gasteiger partial charge is 0.461 e. The molecule has 24 heavy (non-hydrogen) atoms. The van der Waals surface area contributed by atoms with Crippen LogP contribution in [0.4, 0.5) is 0 Å². The lowest BCUT2D eigenvalue weighted by Crippen LogP contribution is -2.18. The zero-order valence-corrected chi connectivity index (χ0v) is 13.7. The van der Waals surface area contributed by atoms with E-state index in [1.807, 2.05) is 43.3 Å². The minimum Gasteiger partial charge on any atom is -0.461 e. The van der Waals surface area contributed by atoms with Crippen molar-refractivity contribution in [3.8, 4) is 22.4 Å². The molecule has 3 heteroatoms. The SMILES string of the molecule is CCOC(=O)c1c(-c2ccccc2)cc2n1CCc1ccccc1-2. The third-order valence-electron chi connectivity index (χ3n) is 4.55. The number of carbonyl (C=O) groups is 1. The second-order valence-corrected chi connectivity index (χ2v) is 5.94. The summed E-state index contributed by atoms with van der Waals surface area (Å²) >= 11 is 0. The number of hydrogen-bond donors (Lipinski definition) is 0. The number of esters is 1.